The molecule has 15 nitrogen and oxygen atoms in total. The Balaban J connectivity index is 5.59. The number of nitrogens with one attached hydrogen (secondary N) is 5. The predicted molar refractivity (Wildman–Crippen MR) is 138 cm³/mol. The highest BCUT2D eigenvalue weighted by molar-refractivity contribution is 5.97. The largest absolute Gasteiger partial charge is 0.481 e. The molecule has 0 saturated heterocycles. The summed E-state index contributed by atoms with van der Waals surface area (Å²) in [4.78, 5) is 85.4. The fourth-order valence-corrected chi connectivity index (χ4v) is 3.47. The van der Waals surface area contributed by atoms with E-state index in [2.05, 4.69) is 26.6 Å². The van der Waals surface area contributed by atoms with Crippen LogP contribution in [0.2, 0.25) is 0 Å². The summed E-state index contributed by atoms with van der Waals surface area (Å²) in [6.45, 7) is 10.6. The highest BCUT2D eigenvalue weighted by Gasteiger charge is 2.34. The number of hydrogen-bond acceptors (Lipinski definition) is 8. The number of aliphatic hydroxyl groups is 1. The number of nitrogens with two attached hydrogens (primary N) is 1. The van der Waals surface area contributed by atoms with Crippen LogP contribution >= 0.6 is 0 Å². The van der Waals surface area contributed by atoms with Gasteiger partial charge in [-0.25, -0.2) is 0 Å². The zero-order valence-electron chi connectivity index (χ0n) is 23.4. The van der Waals surface area contributed by atoms with E-state index >= 15 is 0 Å². The van der Waals surface area contributed by atoms with Crippen molar-refractivity contribution < 1.29 is 43.8 Å². The number of carboxylic acid groups (broad SMARTS) is 1. The molecule has 0 bridgehead atoms. The van der Waals surface area contributed by atoms with Gasteiger partial charge in [0.1, 0.15) is 30.2 Å². The standard InChI is InChI=1S/C24H42N6O9/c1-10(2)8-15(27-14(7)32)22(37)26-12(5)21(36)28-16(9-17(33)34)23(38)29-18(11(3)4)24(39)30-19(13(6)31)20(25)35/h10-13,15-16,18-19,31H,8-9H2,1-7H3,(H2,25,35)(H,26,37)(H,27,32)(H,28,36)(H,29,38)(H,30,39)(H,33,34)/t12-,13+,15-,16-,18-,19-/m1/s1. The lowest BCUT2D eigenvalue weighted by Crippen LogP contribution is -2.60. The Morgan fingerprint density at radius 2 is 1.21 bits per heavy atom. The molecule has 6 amide bonds. The fraction of sp³-hybridized carbons (Fsp3) is 0.708. The summed E-state index contributed by atoms with van der Waals surface area (Å²) in [5.41, 5.74) is 5.19. The van der Waals surface area contributed by atoms with Crippen LogP contribution in [-0.2, 0) is 33.6 Å². The van der Waals surface area contributed by atoms with Crippen molar-refractivity contribution in [2.45, 2.75) is 97.6 Å². The summed E-state index contributed by atoms with van der Waals surface area (Å²) in [6, 6.07) is -6.47. The van der Waals surface area contributed by atoms with Crippen LogP contribution in [0.25, 0.3) is 0 Å². The van der Waals surface area contributed by atoms with Crippen LogP contribution in [0.1, 0.15) is 61.3 Å². The molecule has 0 heterocycles. The molecule has 0 aromatic carbocycles. The lowest BCUT2D eigenvalue weighted by Gasteiger charge is -2.27. The molecule has 39 heavy (non-hydrogen) atoms. The maximum absolute atomic E-state index is 12.9. The molecule has 0 spiro atoms. The summed E-state index contributed by atoms with van der Waals surface area (Å²) in [5, 5.41) is 30.7. The molecule has 0 aliphatic carbocycles. The second kappa shape index (κ2) is 16.3. The first-order valence-electron chi connectivity index (χ1n) is 12.5. The van der Waals surface area contributed by atoms with Gasteiger partial charge in [0.25, 0.3) is 0 Å². The second-order valence-corrected chi connectivity index (χ2v) is 10.1. The van der Waals surface area contributed by atoms with Gasteiger partial charge >= 0.3 is 5.97 Å². The van der Waals surface area contributed by atoms with Gasteiger partial charge in [-0.05, 0) is 32.1 Å². The molecule has 6 atom stereocenters. The molecule has 222 valence electrons. The Bertz CT molecular complexity index is 922. The van der Waals surface area contributed by atoms with Crippen molar-refractivity contribution in [1.29, 1.82) is 0 Å². The van der Waals surface area contributed by atoms with E-state index in [0.29, 0.717) is 6.42 Å². The lowest BCUT2D eigenvalue weighted by atomic mass is 10.0. The first kappa shape index (κ1) is 35.2. The minimum absolute atomic E-state index is 0.0466. The predicted octanol–water partition coefficient (Wildman–Crippen LogP) is -2.51. The van der Waals surface area contributed by atoms with E-state index in [1.54, 1.807) is 13.8 Å². The van der Waals surface area contributed by atoms with Crippen molar-refractivity contribution in [2.75, 3.05) is 0 Å². The number of carboxylic acids is 1. The average molecular weight is 559 g/mol. The van der Waals surface area contributed by atoms with E-state index in [-0.39, 0.29) is 5.92 Å². The number of hydrogen-bond donors (Lipinski definition) is 8. The van der Waals surface area contributed by atoms with Gasteiger partial charge in [0.2, 0.25) is 35.4 Å². The van der Waals surface area contributed by atoms with E-state index in [4.69, 9.17) is 5.73 Å². The van der Waals surface area contributed by atoms with Crippen LogP contribution in [-0.4, -0.2) is 87.9 Å². The summed E-state index contributed by atoms with van der Waals surface area (Å²) in [5.74, 6) is -6.78. The third-order valence-electron chi connectivity index (χ3n) is 5.50. The van der Waals surface area contributed by atoms with Gasteiger partial charge in [-0.2, -0.15) is 0 Å². The lowest BCUT2D eigenvalue weighted by molar-refractivity contribution is -0.141. The van der Waals surface area contributed by atoms with Gasteiger partial charge in [0.15, 0.2) is 0 Å². The van der Waals surface area contributed by atoms with Crippen LogP contribution in [0.4, 0.5) is 0 Å². The number of aliphatic hydroxyl groups excluding tert-OH is 1. The molecule has 0 aliphatic rings. The van der Waals surface area contributed by atoms with Crippen LogP contribution < -0.4 is 32.3 Å². The van der Waals surface area contributed by atoms with Gasteiger partial charge in [0, 0.05) is 6.92 Å². The number of amides is 6. The van der Waals surface area contributed by atoms with E-state index in [1.165, 1.54) is 20.8 Å². The summed E-state index contributed by atoms with van der Waals surface area (Å²) in [7, 11) is 0. The zero-order chi connectivity index (χ0) is 30.6. The smallest absolute Gasteiger partial charge is 0.305 e. The van der Waals surface area contributed by atoms with Gasteiger partial charge in [-0.3, -0.25) is 33.6 Å². The van der Waals surface area contributed by atoms with Crippen LogP contribution in [0.15, 0.2) is 0 Å². The minimum Gasteiger partial charge on any atom is -0.481 e. The molecule has 0 unspecified atom stereocenters. The molecule has 0 saturated carbocycles. The van der Waals surface area contributed by atoms with Crippen molar-refractivity contribution >= 4 is 41.4 Å². The highest BCUT2D eigenvalue weighted by atomic mass is 16.4. The van der Waals surface area contributed by atoms with Crippen molar-refractivity contribution in [3.05, 3.63) is 0 Å². The third kappa shape index (κ3) is 13.0. The van der Waals surface area contributed by atoms with Gasteiger partial charge in [0.05, 0.1) is 12.5 Å². The molecule has 15 heteroatoms. The third-order valence-corrected chi connectivity index (χ3v) is 5.50. The van der Waals surface area contributed by atoms with Gasteiger partial charge < -0.3 is 42.5 Å². The Morgan fingerprint density at radius 3 is 1.62 bits per heavy atom. The van der Waals surface area contributed by atoms with Crippen LogP contribution in [0.3, 0.4) is 0 Å². The Kier molecular flexibility index (Phi) is 14.7. The zero-order valence-corrected chi connectivity index (χ0v) is 23.4. The summed E-state index contributed by atoms with van der Waals surface area (Å²) >= 11 is 0. The number of rotatable bonds is 16. The number of carbonyl (C=O) groups is 7. The molecule has 9 N–H and O–H groups in total. The minimum atomic E-state index is -1.63. The quantitative estimate of drug-likeness (QED) is 0.0995. The van der Waals surface area contributed by atoms with Crippen molar-refractivity contribution in [1.82, 2.24) is 26.6 Å². The van der Waals surface area contributed by atoms with E-state index in [9.17, 15) is 43.8 Å². The maximum Gasteiger partial charge on any atom is 0.305 e. The molecule has 0 radical (unpaired) electrons. The maximum atomic E-state index is 12.9. The number of carbonyl (C=O) groups excluding carboxylic acids is 6. The van der Waals surface area contributed by atoms with Crippen LogP contribution in [0, 0.1) is 11.8 Å². The summed E-state index contributed by atoms with van der Waals surface area (Å²) < 4.78 is 0. The summed E-state index contributed by atoms with van der Waals surface area (Å²) in [6.07, 6.45) is -1.87. The first-order valence-corrected chi connectivity index (χ1v) is 12.5. The molecule has 0 aliphatic heterocycles. The monoisotopic (exact) mass is 558 g/mol. The van der Waals surface area contributed by atoms with Crippen molar-refractivity contribution in [3.8, 4) is 0 Å². The SMILES string of the molecule is CC(=O)N[C@H](CC(C)C)C(=O)N[C@H](C)C(=O)N[C@H](CC(=O)O)C(=O)N[C@@H](C(=O)N[C@@H](C(N)=O)[C@H](C)O)C(C)C. The molecule has 0 fully saturated rings. The molecule has 0 aromatic rings. The molecule has 0 aromatic heterocycles. The van der Waals surface area contributed by atoms with E-state index < -0.39 is 90.1 Å². The molecular weight excluding hydrogens is 516 g/mol. The number of primary amides is 1. The Hall–Kier alpha value is -3.75. The van der Waals surface area contributed by atoms with Crippen molar-refractivity contribution in [3.63, 3.8) is 0 Å². The highest BCUT2D eigenvalue weighted by Crippen LogP contribution is 2.07. The molecular formula is C24H42N6O9. The normalized spacial score (nSPS) is 15.6. The van der Waals surface area contributed by atoms with Gasteiger partial charge in [-0.15, -0.1) is 0 Å². The molecule has 0 rings (SSSR count). The topological polar surface area (TPSA) is 246 Å². The van der Waals surface area contributed by atoms with Crippen LogP contribution in [0.5, 0.6) is 0 Å². The first-order chi connectivity index (χ1) is 17.9. The number of aliphatic carboxylic acids is 1. The van der Waals surface area contributed by atoms with Crippen molar-refractivity contribution in [2.24, 2.45) is 17.6 Å². The Labute approximate surface area is 227 Å². The van der Waals surface area contributed by atoms with E-state index in [0.717, 1.165) is 0 Å². The average Bonchev–Trinajstić information content (AvgIpc) is 2.77. The fourth-order valence-electron chi connectivity index (χ4n) is 3.47. The van der Waals surface area contributed by atoms with Gasteiger partial charge in [-0.1, -0.05) is 27.7 Å². The van der Waals surface area contributed by atoms with E-state index in [1.807, 2.05) is 13.8 Å². The Morgan fingerprint density at radius 1 is 0.692 bits per heavy atom. The second-order valence-electron chi connectivity index (χ2n) is 10.1.